The Balaban J connectivity index is 0.000000191. The quantitative estimate of drug-likeness (QED) is 0.258. The number of alkyl halides is 4. The van der Waals surface area contributed by atoms with Crippen LogP contribution in [0.3, 0.4) is 0 Å². The standard InChI is InChI=1S/2C13H8F4/c2*14-11-5-1-9(2-6-11)13(16,17)10-3-7-12(15)8-4-10/h2*1-8H. The van der Waals surface area contributed by atoms with E-state index in [1.165, 1.54) is 0 Å². The first-order chi connectivity index (χ1) is 16.0. The molecule has 176 valence electrons. The van der Waals surface area contributed by atoms with E-state index in [2.05, 4.69) is 0 Å². The summed E-state index contributed by atoms with van der Waals surface area (Å²) in [6, 6.07) is 15.8. The number of benzene rings is 4. The summed E-state index contributed by atoms with van der Waals surface area (Å²) in [5.41, 5.74) is -1.31. The minimum absolute atomic E-state index is 0.328. The fraction of sp³-hybridized carbons (Fsp3) is 0.0769. The van der Waals surface area contributed by atoms with Crippen molar-refractivity contribution in [1.29, 1.82) is 0 Å². The minimum Gasteiger partial charge on any atom is -0.207 e. The molecule has 0 heterocycles. The van der Waals surface area contributed by atoms with Crippen LogP contribution in [0, 0.1) is 23.3 Å². The molecule has 0 nitrogen and oxygen atoms in total. The second-order valence-electron chi connectivity index (χ2n) is 7.18. The van der Waals surface area contributed by atoms with Crippen molar-refractivity contribution in [2.24, 2.45) is 0 Å². The summed E-state index contributed by atoms with van der Waals surface area (Å²) in [6.45, 7) is 0. The van der Waals surface area contributed by atoms with Gasteiger partial charge >= 0.3 is 0 Å². The van der Waals surface area contributed by atoms with E-state index < -0.39 is 35.1 Å². The Morgan fingerprint density at radius 3 is 0.588 bits per heavy atom. The number of rotatable bonds is 4. The van der Waals surface area contributed by atoms with Crippen molar-refractivity contribution in [3.63, 3.8) is 0 Å². The molecule has 0 saturated heterocycles. The van der Waals surface area contributed by atoms with Crippen LogP contribution in [-0.2, 0) is 11.8 Å². The lowest BCUT2D eigenvalue weighted by molar-refractivity contribution is 0.0421. The molecule has 0 aliphatic carbocycles. The third-order valence-electron chi connectivity index (χ3n) is 4.83. The molecule has 0 fully saturated rings. The predicted molar refractivity (Wildman–Crippen MR) is 112 cm³/mol. The second-order valence-corrected chi connectivity index (χ2v) is 7.18. The van der Waals surface area contributed by atoms with E-state index in [1.807, 2.05) is 0 Å². The fourth-order valence-electron chi connectivity index (χ4n) is 2.97. The van der Waals surface area contributed by atoms with Crippen molar-refractivity contribution in [3.05, 3.63) is 143 Å². The zero-order chi connectivity index (χ0) is 24.9. The van der Waals surface area contributed by atoms with Gasteiger partial charge in [0.2, 0.25) is 0 Å². The van der Waals surface area contributed by atoms with Gasteiger partial charge in [0, 0.05) is 22.3 Å². The summed E-state index contributed by atoms with van der Waals surface area (Å²) in [5, 5.41) is 0. The summed E-state index contributed by atoms with van der Waals surface area (Å²) >= 11 is 0. The van der Waals surface area contributed by atoms with Crippen molar-refractivity contribution < 1.29 is 35.1 Å². The highest BCUT2D eigenvalue weighted by molar-refractivity contribution is 5.34. The molecule has 0 amide bonds. The van der Waals surface area contributed by atoms with E-state index in [-0.39, 0.29) is 22.3 Å². The maximum Gasteiger partial charge on any atom is 0.298 e. The summed E-state index contributed by atoms with van der Waals surface area (Å²) in [4.78, 5) is 0. The zero-order valence-corrected chi connectivity index (χ0v) is 17.3. The lowest BCUT2D eigenvalue weighted by atomic mass is 10.0. The van der Waals surface area contributed by atoms with Crippen LogP contribution in [0.5, 0.6) is 0 Å². The Bertz CT molecular complexity index is 1000. The van der Waals surface area contributed by atoms with Crippen LogP contribution < -0.4 is 0 Å². The van der Waals surface area contributed by atoms with Crippen LogP contribution in [0.25, 0.3) is 0 Å². The van der Waals surface area contributed by atoms with Gasteiger partial charge in [-0.2, -0.15) is 17.6 Å². The molecule has 8 heteroatoms. The van der Waals surface area contributed by atoms with Gasteiger partial charge < -0.3 is 0 Å². The van der Waals surface area contributed by atoms with Crippen molar-refractivity contribution in [3.8, 4) is 0 Å². The van der Waals surface area contributed by atoms with Crippen LogP contribution in [0.1, 0.15) is 22.3 Å². The highest BCUT2D eigenvalue weighted by Gasteiger charge is 2.34. The minimum atomic E-state index is -3.26. The molecule has 0 unspecified atom stereocenters. The lowest BCUT2D eigenvalue weighted by Gasteiger charge is -2.17. The summed E-state index contributed by atoms with van der Waals surface area (Å²) in [6.07, 6.45) is 0. The molecule has 0 saturated carbocycles. The van der Waals surface area contributed by atoms with E-state index in [0.29, 0.717) is 0 Å². The van der Waals surface area contributed by atoms with E-state index in [1.54, 1.807) is 0 Å². The molecule has 4 aromatic carbocycles. The van der Waals surface area contributed by atoms with Crippen LogP contribution in [-0.4, -0.2) is 0 Å². The Labute approximate surface area is 190 Å². The molecular formula is C26H16F8. The highest BCUT2D eigenvalue weighted by atomic mass is 19.3. The maximum absolute atomic E-state index is 13.9. The van der Waals surface area contributed by atoms with Crippen LogP contribution in [0.4, 0.5) is 35.1 Å². The Morgan fingerprint density at radius 2 is 0.441 bits per heavy atom. The third kappa shape index (κ3) is 5.81. The van der Waals surface area contributed by atoms with Crippen LogP contribution >= 0.6 is 0 Å². The first-order valence-electron chi connectivity index (χ1n) is 9.80. The average molecular weight is 480 g/mol. The van der Waals surface area contributed by atoms with Gasteiger partial charge in [0.05, 0.1) is 0 Å². The van der Waals surface area contributed by atoms with Crippen molar-refractivity contribution >= 4 is 0 Å². The molecule has 0 aliphatic heterocycles. The number of hydrogen-bond donors (Lipinski definition) is 0. The van der Waals surface area contributed by atoms with Crippen LogP contribution in [0.15, 0.2) is 97.1 Å². The zero-order valence-electron chi connectivity index (χ0n) is 17.3. The van der Waals surface area contributed by atoms with Crippen molar-refractivity contribution in [1.82, 2.24) is 0 Å². The smallest absolute Gasteiger partial charge is 0.207 e. The normalized spacial score (nSPS) is 11.5. The lowest BCUT2D eigenvalue weighted by Crippen LogP contribution is -2.15. The van der Waals surface area contributed by atoms with E-state index >= 15 is 0 Å². The van der Waals surface area contributed by atoms with Gasteiger partial charge in [-0.05, 0) is 97.1 Å². The second kappa shape index (κ2) is 10.1. The molecule has 0 aromatic heterocycles. The number of halogens is 8. The van der Waals surface area contributed by atoms with Crippen molar-refractivity contribution in [2.45, 2.75) is 11.8 Å². The largest absolute Gasteiger partial charge is 0.298 e. The van der Waals surface area contributed by atoms with Gasteiger partial charge in [-0.15, -0.1) is 0 Å². The summed E-state index contributed by atoms with van der Waals surface area (Å²) < 4.78 is 106. The molecule has 0 aliphatic rings. The first kappa shape index (κ1) is 25.0. The van der Waals surface area contributed by atoms with Gasteiger partial charge in [0.1, 0.15) is 23.3 Å². The molecule has 0 spiro atoms. The fourth-order valence-corrected chi connectivity index (χ4v) is 2.97. The first-order valence-corrected chi connectivity index (χ1v) is 9.80. The van der Waals surface area contributed by atoms with Gasteiger partial charge in [0.25, 0.3) is 11.8 Å². The van der Waals surface area contributed by atoms with Gasteiger partial charge in [-0.3, -0.25) is 0 Å². The SMILES string of the molecule is Fc1ccc(C(F)(F)c2ccc(F)cc2)cc1.Fc1ccc(C(F)(F)c2ccc(F)cc2)cc1. The molecule has 4 aromatic rings. The maximum atomic E-state index is 13.9. The monoisotopic (exact) mass is 480 g/mol. The summed E-state index contributed by atoms with van der Waals surface area (Å²) in [5.74, 6) is -8.84. The Morgan fingerprint density at radius 1 is 0.294 bits per heavy atom. The van der Waals surface area contributed by atoms with Crippen LogP contribution in [0.2, 0.25) is 0 Å². The molecule has 0 bridgehead atoms. The van der Waals surface area contributed by atoms with E-state index in [4.69, 9.17) is 0 Å². The Kier molecular flexibility index (Phi) is 7.39. The molecule has 0 atom stereocenters. The molecule has 0 radical (unpaired) electrons. The third-order valence-corrected chi connectivity index (χ3v) is 4.83. The molecule has 0 N–H and O–H groups in total. The average Bonchev–Trinajstić information content (AvgIpc) is 2.81. The van der Waals surface area contributed by atoms with Gasteiger partial charge in [-0.25, -0.2) is 17.6 Å². The van der Waals surface area contributed by atoms with Crippen molar-refractivity contribution in [2.75, 3.05) is 0 Å². The van der Waals surface area contributed by atoms with E-state index in [9.17, 15) is 35.1 Å². The van der Waals surface area contributed by atoms with Gasteiger partial charge in [-0.1, -0.05) is 0 Å². The molecule has 34 heavy (non-hydrogen) atoms. The van der Waals surface area contributed by atoms with Gasteiger partial charge in [0.15, 0.2) is 0 Å². The predicted octanol–water partition coefficient (Wildman–Crippen LogP) is 8.21. The topological polar surface area (TPSA) is 0 Å². The molecule has 4 rings (SSSR count). The Hall–Kier alpha value is -3.68. The van der Waals surface area contributed by atoms with E-state index in [0.717, 1.165) is 97.1 Å². The highest BCUT2D eigenvalue weighted by Crippen LogP contribution is 2.36. The number of hydrogen-bond acceptors (Lipinski definition) is 0. The summed E-state index contributed by atoms with van der Waals surface area (Å²) in [7, 11) is 0. The molecular weight excluding hydrogens is 464 g/mol.